The van der Waals surface area contributed by atoms with Crippen LogP contribution in [0.3, 0.4) is 0 Å². The number of hydrogen-bond donors (Lipinski definition) is 2. The summed E-state index contributed by atoms with van der Waals surface area (Å²) < 4.78 is 39.6. The van der Waals surface area contributed by atoms with Crippen molar-refractivity contribution >= 4 is 23.1 Å². The zero-order chi connectivity index (χ0) is 17.1. The van der Waals surface area contributed by atoms with Gasteiger partial charge in [0.05, 0.1) is 5.69 Å². The first-order valence-corrected chi connectivity index (χ1v) is 7.10. The fourth-order valence-electron chi connectivity index (χ4n) is 2.08. The Labute approximate surface area is 136 Å². The Bertz CT molecular complexity index is 866. The van der Waals surface area contributed by atoms with Gasteiger partial charge in [-0.15, -0.1) is 0 Å². The molecule has 0 saturated heterocycles. The second-order valence-corrected chi connectivity index (χ2v) is 5.10. The molecule has 2 aromatic carbocycles. The summed E-state index contributed by atoms with van der Waals surface area (Å²) in [5.41, 5.74) is 1.35. The summed E-state index contributed by atoms with van der Waals surface area (Å²) >= 11 is 0. The fraction of sp³-hybridized carbons (Fsp3) is 0.0588. The van der Waals surface area contributed by atoms with Crippen LogP contribution in [-0.2, 0) is 0 Å². The van der Waals surface area contributed by atoms with E-state index >= 15 is 0 Å². The number of anilines is 4. The normalized spacial score (nSPS) is 10.5. The van der Waals surface area contributed by atoms with E-state index in [4.69, 9.17) is 0 Å². The number of nitrogens with zero attached hydrogens (tertiary/aromatic N) is 2. The summed E-state index contributed by atoms with van der Waals surface area (Å²) in [7, 11) is 0. The number of aryl methyl sites for hydroxylation is 1. The third-order valence-electron chi connectivity index (χ3n) is 3.15. The van der Waals surface area contributed by atoms with Gasteiger partial charge >= 0.3 is 0 Å². The number of rotatable bonds is 4. The van der Waals surface area contributed by atoms with Crippen LogP contribution in [0, 0.1) is 24.4 Å². The number of benzene rings is 2. The first kappa shape index (κ1) is 15.8. The minimum Gasteiger partial charge on any atom is -0.338 e. The van der Waals surface area contributed by atoms with Gasteiger partial charge in [0.1, 0.15) is 23.3 Å². The minimum atomic E-state index is -0.723. The Morgan fingerprint density at radius 1 is 0.792 bits per heavy atom. The number of hydrogen-bond acceptors (Lipinski definition) is 4. The maximum atomic E-state index is 13.7. The van der Waals surface area contributed by atoms with Gasteiger partial charge in [0.15, 0.2) is 0 Å². The fourth-order valence-corrected chi connectivity index (χ4v) is 2.08. The molecule has 122 valence electrons. The Morgan fingerprint density at radius 3 is 2.21 bits per heavy atom. The third kappa shape index (κ3) is 3.81. The summed E-state index contributed by atoms with van der Waals surface area (Å²) in [4.78, 5) is 8.44. The molecule has 0 spiro atoms. The van der Waals surface area contributed by atoms with Crippen LogP contribution in [0.25, 0.3) is 0 Å². The van der Waals surface area contributed by atoms with E-state index in [1.165, 1.54) is 18.2 Å². The quantitative estimate of drug-likeness (QED) is 0.729. The molecular formula is C17H13F3N4. The SMILES string of the molecule is Cc1cc(Nc2ccc(F)cc2F)nc(Nc2ccc(F)cc2)n1. The average Bonchev–Trinajstić information content (AvgIpc) is 2.52. The summed E-state index contributed by atoms with van der Waals surface area (Å²) in [5, 5.41) is 5.72. The summed E-state index contributed by atoms with van der Waals surface area (Å²) in [6.07, 6.45) is 0. The average molecular weight is 330 g/mol. The topological polar surface area (TPSA) is 49.8 Å². The Morgan fingerprint density at radius 2 is 1.50 bits per heavy atom. The lowest BCUT2D eigenvalue weighted by atomic mass is 10.3. The lowest BCUT2D eigenvalue weighted by Crippen LogP contribution is -2.03. The van der Waals surface area contributed by atoms with Gasteiger partial charge in [-0.25, -0.2) is 18.2 Å². The van der Waals surface area contributed by atoms with Gasteiger partial charge in [-0.2, -0.15) is 4.98 Å². The smallest absolute Gasteiger partial charge is 0.229 e. The van der Waals surface area contributed by atoms with Crippen LogP contribution >= 0.6 is 0 Å². The molecule has 1 heterocycles. The molecule has 0 fully saturated rings. The molecule has 0 saturated carbocycles. The number of nitrogens with one attached hydrogen (secondary N) is 2. The van der Waals surface area contributed by atoms with Crippen molar-refractivity contribution in [1.29, 1.82) is 0 Å². The van der Waals surface area contributed by atoms with E-state index in [0.717, 1.165) is 12.1 Å². The van der Waals surface area contributed by atoms with E-state index < -0.39 is 11.6 Å². The lowest BCUT2D eigenvalue weighted by Gasteiger charge is -2.10. The molecular weight excluding hydrogens is 317 g/mol. The standard InChI is InChI=1S/C17H13F3N4/c1-10-8-16(23-15-7-4-12(19)9-14(15)20)24-17(21-10)22-13-5-2-11(18)3-6-13/h2-9H,1H3,(H2,21,22,23,24). The highest BCUT2D eigenvalue weighted by atomic mass is 19.1. The molecule has 7 heteroatoms. The number of aromatic nitrogens is 2. The van der Waals surface area contributed by atoms with Gasteiger partial charge in [0.25, 0.3) is 0 Å². The van der Waals surface area contributed by atoms with E-state index in [2.05, 4.69) is 20.6 Å². The van der Waals surface area contributed by atoms with Crippen LogP contribution in [0.4, 0.5) is 36.3 Å². The Kier molecular flexibility index (Phi) is 4.33. The Hall–Kier alpha value is -3.09. The van der Waals surface area contributed by atoms with Crippen LogP contribution in [0.2, 0.25) is 0 Å². The molecule has 4 nitrogen and oxygen atoms in total. The molecule has 0 radical (unpaired) electrons. The van der Waals surface area contributed by atoms with Crippen molar-refractivity contribution in [1.82, 2.24) is 9.97 Å². The second kappa shape index (κ2) is 6.57. The van der Waals surface area contributed by atoms with Gasteiger partial charge in [-0.1, -0.05) is 0 Å². The molecule has 2 N–H and O–H groups in total. The monoisotopic (exact) mass is 330 g/mol. The number of halogens is 3. The van der Waals surface area contributed by atoms with Crippen molar-refractivity contribution in [3.8, 4) is 0 Å². The van der Waals surface area contributed by atoms with Crippen LogP contribution in [0.1, 0.15) is 5.69 Å². The molecule has 24 heavy (non-hydrogen) atoms. The van der Waals surface area contributed by atoms with E-state index in [-0.39, 0.29) is 17.5 Å². The highest BCUT2D eigenvalue weighted by Gasteiger charge is 2.07. The van der Waals surface area contributed by atoms with Gasteiger partial charge in [0.2, 0.25) is 5.95 Å². The van der Waals surface area contributed by atoms with Crippen molar-refractivity contribution in [2.24, 2.45) is 0 Å². The van der Waals surface area contributed by atoms with Crippen molar-refractivity contribution in [2.75, 3.05) is 10.6 Å². The highest BCUT2D eigenvalue weighted by Crippen LogP contribution is 2.22. The molecule has 0 aliphatic rings. The summed E-state index contributed by atoms with van der Waals surface area (Å²) in [6.45, 7) is 1.75. The van der Waals surface area contributed by atoms with Crippen molar-refractivity contribution in [2.45, 2.75) is 6.92 Å². The van der Waals surface area contributed by atoms with Gasteiger partial charge < -0.3 is 10.6 Å². The van der Waals surface area contributed by atoms with E-state index in [1.807, 2.05) is 0 Å². The molecule has 0 aliphatic heterocycles. The molecule has 3 aromatic rings. The molecule has 3 rings (SSSR count). The first-order chi connectivity index (χ1) is 11.5. The molecule has 0 bridgehead atoms. The molecule has 0 amide bonds. The van der Waals surface area contributed by atoms with Crippen LogP contribution < -0.4 is 10.6 Å². The third-order valence-corrected chi connectivity index (χ3v) is 3.15. The minimum absolute atomic E-state index is 0.0993. The van der Waals surface area contributed by atoms with Crippen molar-refractivity contribution in [3.63, 3.8) is 0 Å². The van der Waals surface area contributed by atoms with Gasteiger partial charge in [0, 0.05) is 23.5 Å². The molecule has 0 aliphatic carbocycles. The van der Waals surface area contributed by atoms with E-state index in [1.54, 1.807) is 25.1 Å². The molecule has 0 unspecified atom stereocenters. The summed E-state index contributed by atoms with van der Waals surface area (Å²) in [5.74, 6) is -1.11. The predicted octanol–water partition coefficient (Wildman–Crippen LogP) is 4.69. The molecule has 0 atom stereocenters. The second-order valence-electron chi connectivity index (χ2n) is 5.10. The van der Waals surface area contributed by atoms with Crippen LogP contribution in [0.15, 0.2) is 48.5 Å². The zero-order valence-corrected chi connectivity index (χ0v) is 12.6. The van der Waals surface area contributed by atoms with Gasteiger partial charge in [-0.3, -0.25) is 0 Å². The van der Waals surface area contributed by atoms with Crippen molar-refractivity contribution in [3.05, 3.63) is 71.7 Å². The first-order valence-electron chi connectivity index (χ1n) is 7.10. The van der Waals surface area contributed by atoms with Gasteiger partial charge in [-0.05, 0) is 43.3 Å². The largest absolute Gasteiger partial charge is 0.338 e. The van der Waals surface area contributed by atoms with E-state index in [0.29, 0.717) is 17.2 Å². The lowest BCUT2D eigenvalue weighted by molar-refractivity contribution is 0.586. The van der Waals surface area contributed by atoms with Crippen LogP contribution in [-0.4, -0.2) is 9.97 Å². The maximum Gasteiger partial charge on any atom is 0.229 e. The van der Waals surface area contributed by atoms with E-state index in [9.17, 15) is 13.2 Å². The summed E-state index contributed by atoms with van der Waals surface area (Å²) in [6, 6.07) is 10.6. The van der Waals surface area contributed by atoms with Crippen LogP contribution in [0.5, 0.6) is 0 Å². The van der Waals surface area contributed by atoms with Crippen molar-refractivity contribution < 1.29 is 13.2 Å². The molecule has 1 aromatic heterocycles. The zero-order valence-electron chi connectivity index (χ0n) is 12.6. The predicted molar refractivity (Wildman–Crippen MR) is 86.1 cm³/mol. The maximum absolute atomic E-state index is 13.7. The highest BCUT2D eigenvalue weighted by molar-refractivity contribution is 5.60. The Balaban J connectivity index is 1.84.